The minimum Gasteiger partial charge on any atom is -0.486 e. The van der Waals surface area contributed by atoms with Crippen LogP contribution in [0.4, 0.5) is 26.5 Å². The summed E-state index contributed by atoms with van der Waals surface area (Å²) in [6.45, 7) is 7.33. The van der Waals surface area contributed by atoms with Crippen molar-refractivity contribution in [3.8, 4) is 23.2 Å². The summed E-state index contributed by atoms with van der Waals surface area (Å²) in [4.78, 5) is 43.7. The summed E-state index contributed by atoms with van der Waals surface area (Å²) >= 11 is 0. The number of carbonyl (C=O) groups excluding carboxylic acids is 2. The Balaban J connectivity index is 0.956. The molecule has 0 spiro atoms. The second-order valence-corrected chi connectivity index (χ2v) is 12.3. The van der Waals surface area contributed by atoms with E-state index in [9.17, 15) is 14.9 Å². The smallest absolute Gasteiger partial charge is 0.408 e. The highest BCUT2D eigenvalue weighted by molar-refractivity contribution is 5.88. The lowest BCUT2D eigenvalue weighted by Crippen LogP contribution is -2.56. The second-order valence-electron chi connectivity index (χ2n) is 12.3. The number of nitrogens with zero attached hydrogens (tertiary/aromatic N) is 7. The molecule has 4 atom stereocenters. The minimum atomic E-state index is -1.49. The van der Waals surface area contributed by atoms with Crippen molar-refractivity contribution < 1.29 is 28.2 Å². The summed E-state index contributed by atoms with van der Waals surface area (Å²) in [5, 5.41) is 15.6. The van der Waals surface area contributed by atoms with Crippen molar-refractivity contribution in [1.29, 1.82) is 5.26 Å². The molecule has 1 aromatic heterocycles. The summed E-state index contributed by atoms with van der Waals surface area (Å²) in [6.07, 6.45) is -2.04. The lowest BCUT2D eigenvalue weighted by atomic mass is 10.0. The molecule has 14 nitrogen and oxygen atoms in total. The van der Waals surface area contributed by atoms with E-state index in [1.807, 2.05) is 12.1 Å². The van der Waals surface area contributed by atoms with Gasteiger partial charge in [0, 0.05) is 56.1 Å². The first-order valence-electron chi connectivity index (χ1n) is 16.1. The maximum absolute atomic E-state index is 15.2. The van der Waals surface area contributed by atoms with E-state index in [4.69, 9.17) is 14.2 Å². The second kappa shape index (κ2) is 13.6. The van der Waals surface area contributed by atoms with Crippen molar-refractivity contribution in [2.75, 3.05) is 62.7 Å². The third-order valence-electron chi connectivity index (χ3n) is 9.24. The average molecular weight is 658 g/mol. The monoisotopic (exact) mass is 657 g/mol. The highest BCUT2D eigenvalue weighted by atomic mass is 19.1. The fourth-order valence-electron chi connectivity index (χ4n) is 6.37. The van der Waals surface area contributed by atoms with Gasteiger partial charge in [-0.05, 0) is 49.4 Å². The average Bonchev–Trinajstić information content (AvgIpc) is 3.42. The van der Waals surface area contributed by atoms with Gasteiger partial charge in [0.25, 0.3) is 0 Å². The molecule has 7 rings (SSSR count). The number of benzene rings is 2. The number of hydrogen-bond acceptors (Lipinski definition) is 12. The molecule has 3 aromatic rings. The summed E-state index contributed by atoms with van der Waals surface area (Å²) in [5.74, 6) is 0.533. The number of carbonyl (C=O) groups is 2. The maximum atomic E-state index is 15.2. The Morgan fingerprint density at radius 2 is 1.90 bits per heavy atom. The Kier molecular flexibility index (Phi) is 8.92. The number of halogens is 1. The van der Waals surface area contributed by atoms with Crippen molar-refractivity contribution in [2.45, 2.75) is 43.8 Å². The third kappa shape index (κ3) is 6.67. The van der Waals surface area contributed by atoms with E-state index in [0.717, 1.165) is 50.8 Å². The Bertz CT molecular complexity index is 1690. The first-order valence-corrected chi connectivity index (χ1v) is 16.1. The molecule has 48 heavy (non-hydrogen) atoms. The molecule has 5 heterocycles. The van der Waals surface area contributed by atoms with Gasteiger partial charge < -0.3 is 34.6 Å². The van der Waals surface area contributed by atoms with E-state index < -0.39 is 36.4 Å². The standard InChI is InChI=1S/C33H36FN9O5/c1-20-29(39-33(45)47-20)31(44)43-9-8-28(26(34)16-43)48-27-7-2-21(14-22(27)15-35)30-36-19-37-32(40-30)38-23-3-5-24(6-4-23)41-10-12-42(13-11-41)25-17-46-18-25/h2-7,14,19-20,25-26,28-29H,8-13,16-18H2,1H3,(H,39,45)(H,36,37,38,40)/t20-,26+,28-,29?/m0/s1. The first-order chi connectivity index (χ1) is 23.3. The van der Waals surface area contributed by atoms with E-state index in [1.165, 1.54) is 11.2 Å². The quantitative estimate of drug-likeness (QED) is 0.365. The number of likely N-dealkylation sites (tertiary alicyclic amines) is 1. The minimum absolute atomic E-state index is 0.195. The van der Waals surface area contributed by atoms with E-state index in [0.29, 0.717) is 23.4 Å². The van der Waals surface area contributed by atoms with Crippen LogP contribution in [0.15, 0.2) is 48.8 Å². The number of amides is 2. The molecule has 4 aliphatic heterocycles. The number of alkyl halides is 1. The van der Waals surface area contributed by atoms with Crippen molar-refractivity contribution in [2.24, 2.45) is 0 Å². The molecule has 0 aliphatic carbocycles. The summed E-state index contributed by atoms with van der Waals surface area (Å²) in [5.41, 5.74) is 2.76. The molecule has 4 aliphatic rings. The fourth-order valence-corrected chi connectivity index (χ4v) is 6.37. The van der Waals surface area contributed by atoms with Crippen molar-refractivity contribution >= 4 is 29.3 Å². The molecule has 1 unspecified atom stereocenters. The van der Waals surface area contributed by atoms with Gasteiger partial charge in [-0.2, -0.15) is 10.2 Å². The summed E-state index contributed by atoms with van der Waals surface area (Å²) in [7, 11) is 0. The number of nitriles is 1. The number of piperidine rings is 1. The van der Waals surface area contributed by atoms with Gasteiger partial charge in [-0.25, -0.2) is 19.2 Å². The van der Waals surface area contributed by atoms with Gasteiger partial charge in [0.2, 0.25) is 11.9 Å². The van der Waals surface area contributed by atoms with Gasteiger partial charge in [0.05, 0.1) is 31.4 Å². The molecule has 0 saturated carbocycles. The first kappa shape index (κ1) is 31.5. The Labute approximate surface area is 276 Å². The Morgan fingerprint density at radius 1 is 1.10 bits per heavy atom. The van der Waals surface area contributed by atoms with Gasteiger partial charge >= 0.3 is 6.09 Å². The van der Waals surface area contributed by atoms with Crippen LogP contribution in [-0.4, -0.2) is 120 Å². The molecule has 4 saturated heterocycles. The zero-order valence-electron chi connectivity index (χ0n) is 26.4. The zero-order chi connectivity index (χ0) is 33.2. The molecular weight excluding hydrogens is 621 g/mol. The number of anilines is 3. The van der Waals surface area contributed by atoms with Crippen LogP contribution >= 0.6 is 0 Å². The van der Waals surface area contributed by atoms with Crippen LogP contribution in [0.2, 0.25) is 0 Å². The predicted octanol–water partition coefficient (Wildman–Crippen LogP) is 2.49. The number of alkyl carbamates (subject to hydrolysis) is 1. The van der Waals surface area contributed by atoms with Crippen molar-refractivity contribution in [1.82, 2.24) is 30.1 Å². The van der Waals surface area contributed by atoms with E-state index in [-0.39, 0.29) is 30.8 Å². The third-order valence-corrected chi connectivity index (χ3v) is 9.24. The lowest BCUT2D eigenvalue weighted by Gasteiger charge is -2.43. The van der Waals surface area contributed by atoms with Crippen molar-refractivity contribution in [3.63, 3.8) is 0 Å². The summed E-state index contributed by atoms with van der Waals surface area (Å²) in [6, 6.07) is 14.9. The van der Waals surface area contributed by atoms with Crippen LogP contribution in [0.3, 0.4) is 0 Å². The SMILES string of the molecule is C[C@@H]1OC(=O)NC1C(=O)N1CC[C@H](Oc2ccc(-c3ncnc(Nc4ccc(N5CCN(C6COC6)CC5)cc4)n3)cc2C#N)[C@H](F)C1. The van der Waals surface area contributed by atoms with E-state index in [1.54, 1.807) is 25.1 Å². The molecule has 4 fully saturated rings. The summed E-state index contributed by atoms with van der Waals surface area (Å²) < 4.78 is 31.5. The highest BCUT2D eigenvalue weighted by Gasteiger charge is 2.42. The van der Waals surface area contributed by atoms with Crippen LogP contribution in [0.25, 0.3) is 11.4 Å². The number of aromatic nitrogens is 3. The normalized spacial score (nSPS) is 24.6. The molecule has 2 aromatic carbocycles. The molecule has 2 amide bonds. The predicted molar refractivity (Wildman–Crippen MR) is 171 cm³/mol. The van der Waals surface area contributed by atoms with Gasteiger partial charge in [-0.3, -0.25) is 9.69 Å². The van der Waals surface area contributed by atoms with Crippen LogP contribution in [0, 0.1) is 11.3 Å². The van der Waals surface area contributed by atoms with Crippen LogP contribution in [0.1, 0.15) is 18.9 Å². The topological polar surface area (TPSA) is 158 Å². The molecule has 0 radical (unpaired) electrons. The van der Waals surface area contributed by atoms with Gasteiger partial charge in [0.1, 0.15) is 36.4 Å². The Morgan fingerprint density at radius 3 is 2.56 bits per heavy atom. The lowest BCUT2D eigenvalue weighted by molar-refractivity contribution is -0.138. The number of hydrogen-bond donors (Lipinski definition) is 2. The number of piperazine rings is 1. The van der Waals surface area contributed by atoms with E-state index >= 15 is 4.39 Å². The maximum Gasteiger partial charge on any atom is 0.408 e. The van der Waals surface area contributed by atoms with E-state index in [2.05, 4.69) is 53.6 Å². The molecule has 2 N–H and O–H groups in total. The molecule has 15 heteroatoms. The molecule has 250 valence electrons. The number of ether oxygens (including phenoxy) is 3. The number of nitrogens with one attached hydrogen (secondary N) is 2. The van der Waals surface area contributed by atoms with Crippen LogP contribution in [-0.2, 0) is 14.3 Å². The van der Waals surface area contributed by atoms with Gasteiger partial charge in [-0.15, -0.1) is 0 Å². The Hall–Kier alpha value is -5.07. The van der Waals surface area contributed by atoms with Crippen LogP contribution < -0.4 is 20.3 Å². The number of rotatable bonds is 8. The molecular formula is C33H36FN9O5. The largest absolute Gasteiger partial charge is 0.486 e. The van der Waals surface area contributed by atoms with Gasteiger partial charge in [0.15, 0.2) is 12.0 Å². The molecule has 0 bridgehead atoms. The highest BCUT2D eigenvalue weighted by Crippen LogP contribution is 2.29. The fraction of sp³-hybridized carbons (Fsp3) is 0.455. The zero-order valence-corrected chi connectivity index (χ0v) is 26.4. The number of cyclic esters (lactones) is 1. The van der Waals surface area contributed by atoms with Crippen molar-refractivity contribution in [3.05, 3.63) is 54.4 Å². The van der Waals surface area contributed by atoms with Crippen LogP contribution in [0.5, 0.6) is 5.75 Å². The van der Waals surface area contributed by atoms with Gasteiger partial charge in [-0.1, -0.05) is 0 Å².